The molecule has 1 unspecified atom stereocenters. The molecule has 0 radical (unpaired) electrons. The van der Waals surface area contributed by atoms with Gasteiger partial charge in [0, 0.05) is 23.1 Å². The van der Waals surface area contributed by atoms with Crippen LogP contribution in [0.4, 0.5) is 0 Å². The maximum Gasteiger partial charge on any atom is 0.326 e. The second-order valence-electron chi connectivity index (χ2n) is 3.52. The highest BCUT2D eigenvalue weighted by Crippen LogP contribution is 2.18. The predicted molar refractivity (Wildman–Crippen MR) is 62.6 cm³/mol. The number of hydrogen-bond donors (Lipinski definition) is 2. The lowest BCUT2D eigenvalue weighted by atomic mass is 10.2. The molecule has 0 saturated heterocycles. The van der Waals surface area contributed by atoms with Crippen LogP contribution < -0.4 is 5.32 Å². The number of carboxylic acids is 1. The maximum absolute atomic E-state index is 10.9. The number of rotatable bonds is 5. The summed E-state index contributed by atoms with van der Waals surface area (Å²) in [5.74, 6) is -1.32. The lowest BCUT2D eigenvalue weighted by Gasteiger charge is -2.11. The second-order valence-corrected chi connectivity index (χ2v) is 4.77. The van der Waals surface area contributed by atoms with E-state index in [1.807, 2.05) is 12.1 Å². The third kappa shape index (κ3) is 3.66. The van der Waals surface area contributed by atoms with Crippen LogP contribution in [-0.2, 0) is 22.4 Å². The van der Waals surface area contributed by atoms with E-state index in [1.54, 1.807) is 11.3 Å². The van der Waals surface area contributed by atoms with E-state index in [1.165, 1.54) is 11.8 Å². The fourth-order valence-electron chi connectivity index (χ4n) is 1.37. The van der Waals surface area contributed by atoms with Crippen LogP contribution in [0.3, 0.4) is 0 Å². The Morgan fingerprint density at radius 3 is 2.50 bits per heavy atom. The average Bonchev–Trinajstić information content (AvgIpc) is 2.63. The summed E-state index contributed by atoms with van der Waals surface area (Å²) in [6.45, 7) is 3.37. The smallest absolute Gasteiger partial charge is 0.326 e. The molecule has 1 rings (SSSR count). The summed E-state index contributed by atoms with van der Waals surface area (Å²) in [7, 11) is 0. The molecule has 1 aromatic rings. The molecule has 0 saturated carbocycles. The van der Waals surface area contributed by atoms with Gasteiger partial charge in [-0.25, -0.2) is 4.79 Å². The standard InChI is InChI=1S/C11H15NO3S/c1-3-8-4-5-9(16-8)6-10(11(14)15)12-7(2)13/h4-5,10H,3,6H2,1-2H3,(H,12,13)(H,14,15). The summed E-state index contributed by atoms with van der Waals surface area (Å²) in [5, 5.41) is 11.4. The molecule has 5 heteroatoms. The lowest BCUT2D eigenvalue weighted by molar-refractivity contribution is -0.141. The fraction of sp³-hybridized carbons (Fsp3) is 0.455. The molecule has 88 valence electrons. The first-order valence-corrected chi connectivity index (χ1v) is 5.92. The van der Waals surface area contributed by atoms with E-state index in [2.05, 4.69) is 12.2 Å². The SMILES string of the molecule is CCc1ccc(CC(NC(C)=O)C(=O)O)s1. The molecule has 1 heterocycles. The Morgan fingerprint density at radius 1 is 1.44 bits per heavy atom. The number of hydrogen-bond acceptors (Lipinski definition) is 3. The van der Waals surface area contributed by atoms with Gasteiger partial charge in [0.2, 0.25) is 5.91 Å². The molecule has 4 nitrogen and oxygen atoms in total. The Balaban J connectivity index is 2.67. The predicted octanol–water partition coefficient (Wildman–Crippen LogP) is 1.44. The molecule has 0 aliphatic carbocycles. The van der Waals surface area contributed by atoms with Crippen LogP contribution in [0.1, 0.15) is 23.6 Å². The molecule has 0 aromatic carbocycles. The molecular weight excluding hydrogens is 226 g/mol. The molecule has 0 fully saturated rings. The van der Waals surface area contributed by atoms with E-state index < -0.39 is 12.0 Å². The van der Waals surface area contributed by atoms with Crippen molar-refractivity contribution in [3.8, 4) is 0 Å². The van der Waals surface area contributed by atoms with E-state index in [0.29, 0.717) is 6.42 Å². The summed E-state index contributed by atoms with van der Waals surface area (Å²) >= 11 is 1.59. The lowest BCUT2D eigenvalue weighted by Crippen LogP contribution is -2.40. The molecular formula is C11H15NO3S. The van der Waals surface area contributed by atoms with Gasteiger partial charge in [-0.3, -0.25) is 4.79 Å². The fourth-order valence-corrected chi connectivity index (χ4v) is 2.37. The first-order valence-electron chi connectivity index (χ1n) is 5.10. The van der Waals surface area contributed by atoms with Crippen LogP contribution in [0, 0.1) is 0 Å². The third-order valence-corrected chi connectivity index (χ3v) is 3.40. The first-order chi connectivity index (χ1) is 7.52. The zero-order valence-electron chi connectivity index (χ0n) is 9.32. The van der Waals surface area contributed by atoms with Gasteiger partial charge in [0.15, 0.2) is 0 Å². The van der Waals surface area contributed by atoms with Gasteiger partial charge < -0.3 is 10.4 Å². The topological polar surface area (TPSA) is 66.4 Å². The van der Waals surface area contributed by atoms with Gasteiger partial charge >= 0.3 is 5.97 Å². The highest BCUT2D eigenvalue weighted by molar-refractivity contribution is 7.12. The minimum atomic E-state index is -0.998. The summed E-state index contributed by atoms with van der Waals surface area (Å²) in [6, 6.07) is 3.08. The zero-order valence-corrected chi connectivity index (χ0v) is 10.1. The number of aryl methyl sites for hydroxylation is 1. The summed E-state index contributed by atoms with van der Waals surface area (Å²) < 4.78 is 0. The molecule has 0 aliphatic rings. The Kier molecular flexibility index (Phi) is 4.49. The van der Waals surface area contributed by atoms with E-state index in [-0.39, 0.29) is 5.91 Å². The number of aliphatic carboxylic acids is 1. The van der Waals surface area contributed by atoms with Gasteiger partial charge in [0.1, 0.15) is 6.04 Å². The van der Waals surface area contributed by atoms with Crippen LogP contribution in [0.2, 0.25) is 0 Å². The van der Waals surface area contributed by atoms with Crippen molar-refractivity contribution in [3.05, 3.63) is 21.9 Å². The molecule has 1 atom stereocenters. The maximum atomic E-state index is 10.9. The molecule has 1 aromatic heterocycles. The molecule has 0 aliphatic heterocycles. The van der Waals surface area contributed by atoms with Crippen LogP contribution in [0.25, 0.3) is 0 Å². The highest BCUT2D eigenvalue weighted by Gasteiger charge is 2.19. The molecule has 1 amide bonds. The van der Waals surface area contributed by atoms with Crippen molar-refractivity contribution in [1.29, 1.82) is 0 Å². The number of thiophene rings is 1. The van der Waals surface area contributed by atoms with Gasteiger partial charge in [-0.05, 0) is 18.6 Å². The zero-order chi connectivity index (χ0) is 12.1. The van der Waals surface area contributed by atoms with Gasteiger partial charge in [0.05, 0.1) is 0 Å². The summed E-state index contributed by atoms with van der Waals surface area (Å²) in [5.41, 5.74) is 0. The quantitative estimate of drug-likeness (QED) is 0.819. The summed E-state index contributed by atoms with van der Waals surface area (Å²) in [4.78, 5) is 24.0. The van der Waals surface area contributed by atoms with Crippen molar-refractivity contribution in [2.45, 2.75) is 32.7 Å². The molecule has 16 heavy (non-hydrogen) atoms. The normalized spacial score (nSPS) is 12.1. The van der Waals surface area contributed by atoms with Crippen molar-refractivity contribution in [3.63, 3.8) is 0 Å². The molecule has 0 spiro atoms. The van der Waals surface area contributed by atoms with Crippen molar-refractivity contribution in [2.24, 2.45) is 0 Å². The minimum Gasteiger partial charge on any atom is -0.480 e. The van der Waals surface area contributed by atoms with Gasteiger partial charge in [-0.2, -0.15) is 0 Å². The number of amides is 1. The number of nitrogens with one attached hydrogen (secondary N) is 1. The Labute approximate surface area is 98.3 Å². The van der Waals surface area contributed by atoms with Crippen LogP contribution in [0.5, 0.6) is 0 Å². The average molecular weight is 241 g/mol. The van der Waals surface area contributed by atoms with Gasteiger partial charge in [-0.1, -0.05) is 6.92 Å². The molecule has 2 N–H and O–H groups in total. The van der Waals surface area contributed by atoms with Crippen LogP contribution in [-0.4, -0.2) is 23.0 Å². The highest BCUT2D eigenvalue weighted by atomic mass is 32.1. The Hall–Kier alpha value is -1.36. The first kappa shape index (κ1) is 12.7. The van der Waals surface area contributed by atoms with E-state index in [9.17, 15) is 9.59 Å². The van der Waals surface area contributed by atoms with Crippen molar-refractivity contribution >= 4 is 23.2 Å². The number of carboxylic acid groups (broad SMARTS) is 1. The van der Waals surface area contributed by atoms with Crippen LogP contribution in [0.15, 0.2) is 12.1 Å². The van der Waals surface area contributed by atoms with Crippen molar-refractivity contribution in [2.75, 3.05) is 0 Å². The second kappa shape index (κ2) is 5.65. The number of carbonyl (C=O) groups excluding carboxylic acids is 1. The number of carbonyl (C=O) groups is 2. The largest absolute Gasteiger partial charge is 0.480 e. The Bertz CT molecular complexity index is 386. The van der Waals surface area contributed by atoms with E-state index in [0.717, 1.165) is 11.3 Å². The van der Waals surface area contributed by atoms with Crippen molar-refractivity contribution < 1.29 is 14.7 Å². The Morgan fingerprint density at radius 2 is 2.06 bits per heavy atom. The van der Waals surface area contributed by atoms with Crippen molar-refractivity contribution in [1.82, 2.24) is 5.32 Å². The van der Waals surface area contributed by atoms with E-state index >= 15 is 0 Å². The third-order valence-electron chi connectivity index (χ3n) is 2.15. The van der Waals surface area contributed by atoms with Gasteiger partial charge in [0.25, 0.3) is 0 Å². The molecule has 0 bridgehead atoms. The summed E-state index contributed by atoms with van der Waals surface area (Å²) in [6.07, 6.45) is 1.29. The van der Waals surface area contributed by atoms with Gasteiger partial charge in [-0.15, -0.1) is 11.3 Å². The van der Waals surface area contributed by atoms with Crippen LogP contribution >= 0.6 is 11.3 Å². The monoisotopic (exact) mass is 241 g/mol. The minimum absolute atomic E-state index is 0.320. The van der Waals surface area contributed by atoms with E-state index in [4.69, 9.17) is 5.11 Å².